The molecule has 1 heterocycles. The van der Waals surface area contributed by atoms with Crippen molar-refractivity contribution in [3.63, 3.8) is 0 Å². The first-order valence-electron chi connectivity index (χ1n) is 6.58. The van der Waals surface area contributed by atoms with Gasteiger partial charge in [-0.05, 0) is 39.6 Å². The van der Waals surface area contributed by atoms with Crippen LogP contribution in [-0.4, -0.2) is 48.7 Å². The second-order valence-corrected chi connectivity index (χ2v) is 4.91. The molecule has 0 amide bonds. The zero-order valence-corrected chi connectivity index (χ0v) is 11.9. The van der Waals surface area contributed by atoms with Crippen molar-refractivity contribution in [1.29, 1.82) is 0 Å². The summed E-state index contributed by atoms with van der Waals surface area (Å²) in [5, 5.41) is 9.45. The molecule has 1 unspecified atom stereocenters. The van der Waals surface area contributed by atoms with Gasteiger partial charge in [-0.1, -0.05) is 6.92 Å². The molecule has 1 aromatic heterocycles. The summed E-state index contributed by atoms with van der Waals surface area (Å²) in [7, 11) is 4.16. The first-order valence-corrected chi connectivity index (χ1v) is 6.58. The summed E-state index contributed by atoms with van der Waals surface area (Å²) in [5.41, 5.74) is 1.85. The van der Waals surface area contributed by atoms with Gasteiger partial charge in [-0.3, -0.25) is 4.98 Å². The minimum atomic E-state index is -0.500. The van der Waals surface area contributed by atoms with Crippen LogP contribution in [0.3, 0.4) is 0 Å². The normalized spacial score (nSPS) is 12.8. The molecule has 1 atom stereocenters. The van der Waals surface area contributed by atoms with Crippen molar-refractivity contribution in [2.24, 2.45) is 0 Å². The van der Waals surface area contributed by atoms with E-state index >= 15 is 0 Å². The third-order valence-corrected chi connectivity index (χ3v) is 2.87. The van der Waals surface area contributed by atoms with Crippen LogP contribution in [0.15, 0.2) is 18.3 Å². The topological polar surface area (TPSA) is 39.6 Å². The summed E-state index contributed by atoms with van der Waals surface area (Å²) in [6.07, 6.45) is 2.47. The van der Waals surface area contributed by atoms with Gasteiger partial charge >= 0.3 is 0 Å². The summed E-state index contributed by atoms with van der Waals surface area (Å²) in [4.78, 5) is 8.82. The van der Waals surface area contributed by atoms with E-state index in [1.807, 2.05) is 18.3 Å². The third-order valence-electron chi connectivity index (χ3n) is 2.87. The highest BCUT2D eigenvalue weighted by atomic mass is 16.3. The molecule has 4 nitrogen and oxygen atoms in total. The molecule has 1 rings (SSSR count). The molecule has 0 aliphatic rings. The van der Waals surface area contributed by atoms with Gasteiger partial charge in [0.1, 0.15) is 0 Å². The number of anilines is 1. The summed E-state index contributed by atoms with van der Waals surface area (Å²) in [5.74, 6) is 0. The van der Waals surface area contributed by atoms with Crippen LogP contribution in [0.1, 0.15) is 32.1 Å². The van der Waals surface area contributed by atoms with Crippen molar-refractivity contribution in [2.75, 3.05) is 38.6 Å². The predicted octanol–water partition coefficient (Wildman–Crippen LogP) is 1.91. The Hall–Kier alpha value is -1.13. The van der Waals surface area contributed by atoms with Crippen LogP contribution >= 0.6 is 0 Å². The molecule has 0 bridgehead atoms. The fourth-order valence-corrected chi connectivity index (χ4v) is 1.79. The molecule has 4 heteroatoms. The Kier molecular flexibility index (Phi) is 6.09. The molecule has 1 N–H and O–H groups in total. The van der Waals surface area contributed by atoms with Gasteiger partial charge in [-0.15, -0.1) is 0 Å². The first-order chi connectivity index (χ1) is 8.54. The van der Waals surface area contributed by atoms with E-state index in [-0.39, 0.29) is 0 Å². The molecular formula is C14H25N3O. The molecule has 0 aromatic carbocycles. The number of pyridine rings is 1. The highest BCUT2D eigenvalue weighted by Gasteiger charge is 2.08. The van der Waals surface area contributed by atoms with Crippen molar-refractivity contribution in [3.8, 4) is 0 Å². The zero-order chi connectivity index (χ0) is 13.5. The van der Waals surface area contributed by atoms with E-state index < -0.39 is 6.10 Å². The quantitative estimate of drug-likeness (QED) is 0.803. The Morgan fingerprint density at radius 3 is 2.39 bits per heavy atom. The van der Waals surface area contributed by atoms with Gasteiger partial charge in [0.05, 0.1) is 23.7 Å². The van der Waals surface area contributed by atoms with Gasteiger partial charge in [0.15, 0.2) is 0 Å². The largest absolute Gasteiger partial charge is 0.387 e. The maximum atomic E-state index is 9.45. The van der Waals surface area contributed by atoms with Gasteiger partial charge < -0.3 is 14.9 Å². The number of aliphatic hydroxyl groups excluding tert-OH is 1. The van der Waals surface area contributed by atoms with Crippen molar-refractivity contribution in [1.82, 2.24) is 9.88 Å². The first kappa shape index (κ1) is 14.9. The highest BCUT2D eigenvalue weighted by molar-refractivity contribution is 5.44. The molecule has 0 fully saturated rings. The number of aromatic nitrogens is 1. The van der Waals surface area contributed by atoms with E-state index in [1.165, 1.54) is 0 Å². The van der Waals surface area contributed by atoms with Crippen LogP contribution in [-0.2, 0) is 0 Å². The Morgan fingerprint density at radius 2 is 1.94 bits per heavy atom. The summed E-state index contributed by atoms with van der Waals surface area (Å²) >= 11 is 0. The molecule has 0 aliphatic heterocycles. The molecular weight excluding hydrogens is 226 g/mol. The van der Waals surface area contributed by atoms with Crippen LogP contribution in [0.25, 0.3) is 0 Å². The maximum absolute atomic E-state index is 9.45. The Bertz CT molecular complexity index is 335. The van der Waals surface area contributed by atoms with E-state index in [1.54, 1.807) is 6.92 Å². The van der Waals surface area contributed by atoms with Crippen LogP contribution in [0.2, 0.25) is 0 Å². The van der Waals surface area contributed by atoms with Crippen molar-refractivity contribution in [2.45, 2.75) is 26.4 Å². The van der Waals surface area contributed by atoms with Crippen molar-refractivity contribution >= 4 is 5.69 Å². The number of hydrogen-bond acceptors (Lipinski definition) is 4. The van der Waals surface area contributed by atoms with E-state index in [0.29, 0.717) is 0 Å². The minimum absolute atomic E-state index is 0.500. The molecule has 102 valence electrons. The minimum Gasteiger partial charge on any atom is -0.387 e. The molecule has 18 heavy (non-hydrogen) atoms. The van der Waals surface area contributed by atoms with Crippen molar-refractivity contribution in [3.05, 3.63) is 24.0 Å². The van der Waals surface area contributed by atoms with Crippen LogP contribution < -0.4 is 4.90 Å². The fraction of sp³-hybridized carbons (Fsp3) is 0.643. The molecule has 0 saturated heterocycles. The molecule has 1 aromatic rings. The fourth-order valence-electron chi connectivity index (χ4n) is 1.79. The van der Waals surface area contributed by atoms with Crippen LogP contribution in [0.4, 0.5) is 5.69 Å². The van der Waals surface area contributed by atoms with Gasteiger partial charge in [0.2, 0.25) is 0 Å². The van der Waals surface area contributed by atoms with Gasteiger partial charge in [0, 0.05) is 19.6 Å². The third kappa shape index (κ3) is 4.63. The molecule has 0 saturated carbocycles. The second kappa shape index (κ2) is 7.34. The highest BCUT2D eigenvalue weighted by Crippen LogP contribution is 2.16. The lowest BCUT2D eigenvalue weighted by molar-refractivity contribution is 0.194. The van der Waals surface area contributed by atoms with E-state index in [4.69, 9.17) is 0 Å². The summed E-state index contributed by atoms with van der Waals surface area (Å²) in [6, 6.07) is 3.94. The maximum Gasteiger partial charge on any atom is 0.0931 e. The summed E-state index contributed by atoms with van der Waals surface area (Å²) < 4.78 is 0. The number of rotatable bonds is 7. The van der Waals surface area contributed by atoms with Crippen molar-refractivity contribution < 1.29 is 5.11 Å². The average Bonchev–Trinajstić information content (AvgIpc) is 2.34. The van der Waals surface area contributed by atoms with E-state index in [2.05, 4.69) is 35.8 Å². The number of likely N-dealkylation sites (N-methyl/N-ethyl adjacent to an activating group) is 1. The second-order valence-electron chi connectivity index (χ2n) is 4.91. The van der Waals surface area contributed by atoms with Crippen LogP contribution in [0, 0.1) is 0 Å². The lowest BCUT2D eigenvalue weighted by atomic mass is 10.2. The van der Waals surface area contributed by atoms with Gasteiger partial charge in [-0.25, -0.2) is 0 Å². The Labute approximate surface area is 110 Å². The smallest absolute Gasteiger partial charge is 0.0931 e. The monoisotopic (exact) mass is 251 g/mol. The van der Waals surface area contributed by atoms with Gasteiger partial charge in [-0.2, -0.15) is 0 Å². The van der Waals surface area contributed by atoms with E-state index in [0.717, 1.165) is 37.4 Å². The SMILES string of the molecule is CCCN(CCN(C)C)c1ccc(C(C)O)nc1. The molecule has 0 aliphatic carbocycles. The Balaban J connectivity index is 2.72. The number of nitrogens with zero attached hydrogens (tertiary/aromatic N) is 3. The zero-order valence-electron chi connectivity index (χ0n) is 11.9. The number of hydrogen-bond donors (Lipinski definition) is 1. The standard InChI is InChI=1S/C14H25N3O/c1-5-8-17(10-9-16(3)4)13-6-7-14(12(2)18)15-11-13/h6-7,11-12,18H,5,8-10H2,1-4H3. The number of aliphatic hydroxyl groups is 1. The van der Waals surface area contributed by atoms with Crippen LogP contribution in [0.5, 0.6) is 0 Å². The lowest BCUT2D eigenvalue weighted by Gasteiger charge is -2.25. The Morgan fingerprint density at radius 1 is 1.22 bits per heavy atom. The lowest BCUT2D eigenvalue weighted by Crippen LogP contribution is -2.32. The van der Waals surface area contributed by atoms with E-state index in [9.17, 15) is 5.11 Å². The average molecular weight is 251 g/mol. The molecule has 0 spiro atoms. The molecule has 0 radical (unpaired) electrons. The predicted molar refractivity (Wildman–Crippen MR) is 75.9 cm³/mol. The summed E-state index contributed by atoms with van der Waals surface area (Å²) in [6.45, 7) is 6.97. The van der Waals surface area contributed by atoms with Gasteiger partial charge in [0.25, 0.3) is 0 Å².